The summed E-state index contributed by atoms with van der Waals surface area (Å²) in [5.74, 6) is -0.0999. The zero-order valence-electron chi connectivity index (χ0n) is 12.1. The van der Waals surface area contributed by atoms with Gasteiger partial charge < -0.3 is 16.0 Å². The van der Waals surface area contributed by atoms with Crippen LogP contribution < -0.4 is 11.1 Å². The van der Waals surface area contributed by atoms with Gasteiger partial charge in [0.1, 0.15) is 6.04 Å². The van der Waals surface area contributed by atoms with Crippen LogP contribution in [0.5, 0.6) is 0 Å². The summed E-state index contributed by atoms with van der Waals surface area (Å²) in [4.78, 5) is 25.1. The Kier molecular flexibility index (Phi) is 7.37. The molecule has 0 saturated carbocycles. The van der Waals surface area contributed by atoms with Crippen molar-refractivity contribution in [2.75, 3.05) is 13.1 Å². The summed E-state index contributed by atoms with van der Waals surface area (Å²) in [6.45, 7) is 6.71. The molecule has 1 aliphatic rings. The summed E-state index contributed by atoms with van der Waals surface area (Å²) >= 11 is 0. The van der Waals surface area contributed by atoms with Gasteiger partial charge in [-0.15, -0.1) is 12.4 Å². The second kappa shape index (κ2) is 7.70. The Hall–Kier alpha value is -0.810. The molecule has 0 bridgehead atoms. The number of carbonyl (C=O) groups is 2. The van der Waals surface area contributed by atoms with E-state index in [2.05, 4.69) is 5.32 Å². The van der Waals surface area contributed by atoms with Crippen LogP contribution >= 0.6 is 12.4 Å². The lowest BCUT2D eigenvalue weighted by molar-refractivity contribution is -0.136. The molecular weight excluding hydrogens is 266 g/mol. The van der Waals surface area contributed by atoms with Crippen molar-refractivity contribution in [2.24, 2.45) is 5.73 Å². The molecule has 0 aromatic carbocycles. The van der Waals surface area contributed by atoms with Crippen LogP contribution in [0, 0.1) is 0 Å². The molecule has 0 spiro atoms. The van der Waals surface area contributed by atoms with Gasteiger partial charge in [0.25, 0.3) is 0 Å². The van der Waals surface area contributed by atoms with Gasteiger partial charge in [0.15, 0.2) is 0 Å². The molecule has 1 fully saturated rings. The molecule has 1 atom stereocenters. The lowest BCUT2D eigenvalue weighted by atomic mass is 9.94. The molecule has 1 aliphatic heterocycles. The molecule has 19 heavy (non-hydrogen) atoms. The van der Waals surface area contributed by atoms with Crippen molar-refractivity contribution in [3.63, 3.8) is 0 Å². The minimum atomic E-state index is -0.338. The van der Waals surface area contributed by atoms with Crippen LogP contribution in [0.2, 0.25) is 0 Å². The van der Waals surface area contributed by atoms with Gasteiger partial charge in [0, 0.05) is 25.6 Å². The fourth-order valence-electron chi connectivity index (χ4n) is 2.30. The average Bonchev–Trinajstić information content (AvgIpc) is 2.85. The molecule has 5 nitrogen and oxygen atoms in total. The standard InChI is InChI=1S/C13H25N3O2.ClH/c1-4-13(14,5-2)9-15-12(18)11-7-6-8-16(11)10(3)17;/h11H,4-9,14H2,1-3H3,(H,15,18);1H. The molecule has 0 aromatic heterocycles. The van der Waals surface area contributed by atoms with Crippen LogP contribution in [0.25, 0.3) is 0 Å². The van der Waals surface area contributed by atoms with Crippen LogP contribution in [0.4, 0.5) is 0 Å². The minimum Gasteiger partial charge on any atom is -0.352 e. The van der Waals surface area contributed by atoms with Crippen molar-refractivity contribution in [1.29, 1.82) is 0 Å². The van der Waals surface area contributed by atoms with Crippen LogP contribution in [0.3, 0.4) is 0 Å². The van der Waals surface area contributed by atoms with Crippen LogP contribution in [0.15, 0.2) is 0 Å². The summed E-state index contributed by atoms with van der Waals surface area (Å²) in [7, 11) is 0. The molecule has 1 saturated heterocycles. The number of carbonyl (C=O) groups excluding carboxylic acids is 2. The van der Waals surface area contributed by atoms with E-state index in [1.54, 1.807) is 4.90 Å². The fourth-order valence-corrected chi connectivity index (χ4v) is 2.30. The third-order valence-corrected chi connectivity index (χ3v) is 3.98. The molecule has 112 valence electrons. The molecule has 3 N–H and O–H groups in total. The highest BCUT2D eigenvalue weighted by Gasteiger charge is 2.33. The van der Waals surface area contributed by atoms with Crippen molar-refractivity contribution in [3.8, 4) is 0 Å². The Balaban J connectivity index is 0.00000324. The summed E-state index contributed by atoms with van der Waals surface area (Å²) in [5, 5.41) is 2.89. The van der Waals surface area contributed by atoms with Crippen LogP contribution in [0.1, 0.15) is 46.5 Å². The smallest absolute Gasteiger partial charge is 0.242 e. The van der Waals surface area contributed by atoms with E-state index in [0.29, 0.717) is 13.1 Å². The summed E-state index contributed by atoms with van der Waals surface area (Å²) in [6.07, 6.45) is 3.30. The van der Waals surface area contributed by atoms with Crippen LogP contribution in [-0.4, -0.2) is 41.4 Å². The van der Waals surface area contributed by atoms with Gasteiger partial charge in [-0.2, -0.15) is 0 Å². The normalized spacial score (nSPS) is 18.9. The van der Waals surface area contributed by atoms with E-state index >= 15 is 0 Å². The van der Waals surface area contributed by atoms with Crippen molar-refractivity contribution < 1.29 is 9.59 Å². The Morgan fingerprint density at radius 1 is 1.37 bits per heavy atom. The highest BCUT2D eigenvalue weighted by atomic mass is 35.5. The van der Waals surface area contributed by atoms with E-state index in [4.69, 9.17) is 5.73 Å². The number of nitrogens with two attached hydrogens (primary N) is 1. The molecule has 6 heteroatoms. The van der Waals surface area contributed by atoms with Crippen molar-refractivity contribution in [1.82, 2.24) is 10.2 Å². The van der Waals surface area contributed by atoms with E-state index in [9.17, 15) is 9.59 Å². The number of rotatable bonds is 5. The molecule has 0 aliphatic carbocycles. The topological polar surface area (TPSA) is 75.4 Å². The van der Waals surface area contributed by atoms with Gasteiger partial charge in [-0.1, -0.05) is 13.8 Å². The van der Waals surface area contributed by atoms with Gasteiger partial charge in [0.05, 0.1) is 0 Å². The lowest BCUT2D eigenvalue weighted by Gasteiger charge is -2.29. The Labute approximate surface area is 121 Å². The maximum atomic E-state index is 12.1. The highest BCUT2D eigenvalue weighted by molar-refractivity contribution is 5.87. The first kappa shape index (κ1) is 18.2. The van der Waals surface area contributed by atoms with Gasteiger partial charge in [0.2, 0.25) is 11.8 Å². The largest absolute Gasteiger partial charge is 0.352 e. The van der Waals surface area contributed by atoms with Gasteiger partial charge in [-0.05, 0) is 25.7 Å². The van der Waals surface area contributed by atoms with Gasteiger partial charge in [-0.25, -0.2) is 0 Å². The third-order valence-electron chi connectivity index (χ3n) is 3.98. The van der Waals surface area contributed by atoms with E-state index in [1.807, 2.05) is 13.8 Å². The second-order valence-electron chi connectivity index (χ2n) is 5.16. The number of likely N-dealkylation sites (tertiary alicyclic amines) is 1. The molecule has 1 unspecified atom stereocenters. The number of nitrogens with zero attached hydrogens (tertiary/aromatic N) is 1. The molecular formula is C13H26ClN3O2. The second-order valence-corrected chi connectivity index (χ2v) is 5.16. The number of halogens is 1. The quantitative estimate of drug-likeness (QED) is 0.795. The van der Waals surface area contributed by atoms with E-state index in [1.165, 1.54) is 6.92 Å². The Bertz CT molecular complexity index is 319. The minimum absolute atomic E-state index is 0. The first-order valence-corrected chi connectivity index (χ1v) is 6.77. The predicted octanol–water partition coefficient (Wildman–Crippen LogP) is 1.05. The van der Waals surface area contributed by atoms with Crippen molar-refractivity contribution in [2.45, 2.75) is 58.0 Å². The highest BCUT2D eigenvalue weighted by Crippen LogP contribution is 2.18. The number of nitrogens with one attached hydrogen (secondary N) is 1. The van der Waals surface area contributed by atoms with E-state index < -0.39 is 0 Å². The Morgan fingerprint density at radius 2 is 1.95 bits per heavy atom. The molecule has 1 heterocycles. The molecule has 1 rings (SSSR count). The zero-order valence-corrected chi connectivity index (χ0v) is 12.9. The first-order valence-electron chi connectivity index (χ1n) is 6.77. The van der Waals surface area contributed by atoms with Crippen molar-refractivity contribution >= 4 is 24.2 Å². The maximum Gasteiger partial charge on any atom is 0.242 e. The van der Waals surface area contributed by atoms with Crippen molar-refractivity contribution in [3.05, 3.63) is 0 Å². The summed E-state index contributed by atoms with van der Waals surface area (Å²) in [5.41, 5.74) is 5.80. The summed E-state index contributed by atoms with van der Waals surface area (Å²) in [6, 6.07) is -0.305. The van der Waals surface area contributed by atoms with Crippen LogP contribution in [-0.2, 0) is 9.59 Å². The van der Waals surface area contributed by atoms with E-state index in [0.717, 1.165) is 25.7 Å². The fraction of sp³-hybridized carbons (Fsp3) is 0.846. The van der Waals surface area contributed by atoms with Gasteiger partial charge in [-0.3, -0.25) is 9.59 Å². The Morgan fingerprint density at radius 3 is 2.42 bits per heavy atom. The SMILES string of the molecule is CCC(N)(CC)CNC(=O)C1CCCN1C(C)=O.Cl. The van der Waals surface area contributed by atoms with E-state index in [-0.39, 0.29) is 35.8 Å². The molecule has 0 radical (unpaired) electrons. The predicted molar refractivity (Wildman–Crippen MR) is 78.2 cm³/mol. The zero-order chi connectivity index (χ0) is 13.8. The van der Waals surface area contributed by atoms with Gasteiger partial charge >= 0.3 is 0 Å². The number of hydrogen-bond donors (Lipinski definition) is 2. The summed E-state index contributed by atoms with van der Waals surface area (Å²) < 4.78 is 0. The molecule has 2 amide bonds. The average molecular weight is 292 g/mol. The lowest BCUT2D eigenvalue weighted by Crippen LogP contribution is -2.53. The third kappa shape index (κ3) is 4.66. The maximum absolute atomic E-state index is 12.1. The first-order chi connectivity index (χ1) is 8.43. The monoisotopic (exact) mass is 291 g/mol. The number of hydrogen-bond acceptors (Lipinski definition) is 3. The molecule has 0 aromatic rings. The number of amides is 2.